The lowest BCUT2D eigenvalue weighted by molar-refractivity contribution is 0.237. The molecule has 0 saturated heterocycles. The Morgan fingerprint density at radius 3 is 2.68 bits per heavy atom. The average molecular weight is 340 g/mol. The molecule has 1 saturated carbocycles. The first-order valence-electron chi connectivity index (χ1n) is 8.98. The first-order chi connectivity index (χ1) is 11.9. The normalized spacial score (nSPS) is 20.2. The molecule has 1 heterocycles. The number of carbonyl (C=O) groups excluding carboxylic acids is 1. The fourth-order valence-electron chi connectivity index (χ4n) is 3.61. The van der Waals surface area contributed by atoms with Crippen molar-refractivity contribution in [3.05, 3.63) is 52.3 Å². The van der Waals surface area contributed by atoms with E-state index in [1.54, 1.807) is 0 Å². The first kappa shape index (κ1) is 17.5. The molecule has 2 aromatic rings. The summed E-state index contributed by atoms with van der Waals surface area (Å²) in [6.07, 6.45) is 1.82. The minimum Gasteiger partial charge on any atom is -0.335 e. The SMILES string of the molecule is Cc1ccccc1[C@@H]1C[C@@H]1NC(=O)N[C@@H](C)Cc1c(C)nn(C)c1C. The van der Waals surface area contributed by atoms with E-state index in [0.29, 0.717) is 5.92 Å². The highest BCUT2D eigenvalue weighted by atomic mass is 16.2. The van der Waals surface area contributed by atoms with E-state index in [1.165, 1.54) is 16.7 Å². The standard InChI is InChI=1S/C20H28N4O/c1-12-8-6-7-9-16(12)18-11-19(18)22-20(25)21-13(2)10-17-14(3)23-24(5)15(17)4/h6-9,13,18-19H,10-11H2,1-5H3,(H2,21,22,25)/t13-,18-,19-/m0/s1. The third kappa shape index (κ3) is 3.86. The lowest BCUT2D eigenvalue weighted by Gasteiger charge is -2.15. The smallest absolute Gasteiger partial charge is 0.315 e. The van der Waals surface area contributed by atoms with Crippen molar-refractivity contribution in [2.75, 3.05) is 0 Å². The summed E-state index contributed by atoms with van der Waals surface area (Å²) in [4.78, 5) is 12.3. The Kier molecular flexibility index (Phi) is 4.84. The molecule has 1 fully saturated rings. The van der Waals surface area contributed by atoms with Gasteiger partial charge in [0, 0.05) is 30.7 Å². The number of nitrogens with one attached hydrogen (secondary N) is 2. The lowest BCUT2D eigenvalue weighted by Crippen LogP contribution is -2.43. The third-order valence-electron chi connectivity index (χ3n) is 5.24. The Hall–Kier alpha value is -2.30. The highest BCUT2D eigenvalue weighted by Crippen LogP contribution is 2.42. The highest BCUT2D eigenvalue weighted by Gasteiger charge is 2.40. The summed E-state index contributed by atoms with van der Waals surface area (Å²) in [5.41, 5.74) is 6.07. The van der Waals surface area contributed by atoms with E-state index in [0.717, 1.165) is 24.2 Å². The maximum atomic E-state index is 12.3. The molecule has 25 heavy (non-hydrogen) atoms. The van der Waals surface area contributed by atoms with Crippen LogP contribution in [0.2, 0.25) is 0 Å². The Bertz CT molecular complexity index is 780. The van der Waals surface area contributed by atoms with Gasteiger partial charge in [-0.05, 0) is 57.2 Å². The highest BCUT2D eigenvalue weighted by molar-refractivity contribution is 5.75. The molecular formula is C20H28N4O. The number of carbonyl (C=O) groups is 1. The maximum Gasteiger partial charge on any atom is 0.315 e. The third-order valence-corrected chi connectivity index (χ3v) is 5.24. The summed E-state index contributed by atoms with van der Waals surface area (Å²) < 4.78 is 1.90. The Morgan fingerprint density at radius 2 is 2.04 bits per heavy atom. The van der Waals surface area contributed by atoms with Gasteiger partial charge in [-0.2, -0.15) is 5.10 Å². The van der Waals surface area contributed by atoms with Crippen molar-refractivity contribution < 1.29 is 4.79 Å². The molecule has 2 N–H and O–H groups in total. The largest absolute Gasteiger partial charge is 0.335 e. The van der Waals surface area contributed by atoms with Gasteiger partial charge in [0.25, 0.3) is 0 Å². The zero-order valence-corrected chi connectivity index (χ0v) is 15.8. The van der Waals surface area contributed by atoms with Crippen LogP contribution in [0.1, 0.15) is 47.3 Å². The minimum atomic E-state index is -0.0761. The van der Waals surface area contributed by atoms with Crippen LogP contribution >= 0.6 is 0 Å². The van der Waals surface area contributed by atoms with E-state index in [1.807, 2.05) is 25.6 Å². The van der Waals surface area contributed by atoms with Crippen LogP contribution in [-0.2, 0) is 13.5 Å². The van der Waals surface area contributed by atoms with Gasteiger partial charge in [-0.15, -0.1) is 0 Å². The Labute approximate surface area is 149 Å². The van der Waals surface area contributed by atoms with Crippen LogP contribution in [0.3, 0.4) is 0 Å². The molecule has 0 bridgehead atoms. The van der Waals surface area contributed by atoms with Crippen LogP contribution in [0.4, 0.5) is 4.79 Å². The number of nitrogens with zero attached hydrogens (tertiary/aromatic N) is 2. The fourth-order valence-corrected chi connectivity index (χ4v) is 3.61. The van der Waals surface area contributed by atoms with Gasteiger partial charge in [0.1, 0.15) is 0 Å². The number of rotatable bonds is 5. The maximum absolute atomic E-state index is 12.3. The van der Waals surface area contributed by atoms with Crippen molar-refractivity contribution in [3.8, 4) is 0 Å². The summed E-state index contributed by atoms with van der Waals surface area (Å²) in [6, 6.07) is 8.65. The van der Waals surface area contributed by atoms with Crippen molar-refractivity contribution in [2.45, 2.75) is 58.5 Å². The van der Waals surface area contributed by atoms with Crippen LogP contribution in [0.15, 0.2) is 24.3 Å². The van der Waals surface area contributed by atoms with Crippen LogP contribution in [0.5, 0.6) is 0 Å². The first-order valence-corrected chi connectivity index (χ1v) is 8.98. The van der Waals surface area contributed by atoms with Crippen molar-refractivity contribution >= 4 is 6.03 Å². The second-order valence-electron chi connectivity index (χ2n) is 7.30. The zero-order chi connectivity index (χ0) is 18.1. The molecule has 1 aromatic heterocycles. The van der Waals surface area contributed by atoms with Gasteiger partial charge in [0.05, 0.1) is 5.69 Å². The number of amides is 2. The van der Waals surface area contributed by atoms with Crippen LogP contribution in [0, 0.1) is 20.8 Å². The van der Waals surface area contributed by atoms with Gasteiger partial charge in [-0.1, -0.05) is 24.3 Å². The van der Waals surface area contributed by atoms with Crippen LogP contribution in [-0.4, -0.2) is 27.9 Å². The molecule has 0 spiro atoms. The van der Waals surface area contributed by atoms with E-state index in [2.05, 4.69) is 53.8 Å². The van der Waals surface area contributed by atoms with Gasteiger partial charge in [-0.25, -0.2) is 4.79 Å². The summed E-state index contributed by atoms with van der Waals surface area (Å²) >= 11 is 0. The van der Waals surface area contributed by atoms with Crippen molar-refractivity contribution in [1.82, 2.24) is 20.4 Å². The molecule has 134 valence electrons. The number of urea groups is 1. The number of benzene rings is 1. The molecule has 1 aromatic carbocycles. The molecule has 0 unspecified atom stereocenters. The summed E-state index contributed by atoms with van der Waals surface area (Å²) in [7, 11) is 1.95. The quantitative estimate of drug-likeness (QED) is 0.878. The predicted octanol–water partition coefficient (Wildman–Crippen LogP) is 3.13. The number of hydrogen-bond donors (Lipinski definition) is 2. The average Bonchev–Trinajstić information content (AvgIpc) is 3.25. The van der Waals surface area contributed by atoms with E-state index >= 15 is 0 Å². The van der Waals surface area contributed by atoms with E-state index in [4.69, 9.17) is 0 Å². The fraction of sp³-hybridized carbons (Fsp3) is 0.500. The van der Waals surface area contributed by atoms with Gasteiger partial charge in [0.2, 0.25) is 0 Å². The topological polar surface area (TPSA) is 59.0 Å². The van der Waals surface area contributed by atoms with Crippen molar-refractivity contribution in [1.29, 1.82) is 0 Å². The molecule has 1 aliphatic carbocycles. The van der Waals surface area contributed by atoms with Crippen LogP contribution in [0.25, 0.3) is 0 Å². The molecular weight excluding hydrogens is 312 g/mol. The van der Waals surface area contributed by atoms with E-state index < -0.39 is 0 Å². The second-order valence-corrected chi connectivity index (χ2v) is 7.30. The Morgan fingerprint density at radius 1 is 1.32 bits per heavy atom. The lowest BCUT2D eigenvalue weighted by atomic mass is 10.0. The number of hydrogen-bond acceptors (Lipinski definition) is 2. The van der Waals surface area contributed by atoms with Crippen molar-refractivity contribution in [3.63, 3.8) is 0 Å². The molecule has 5 heteroatoms. The molecule has 0 aliphatic heterocycles. The number of aryl methyl sites for hydroxylation is 3. The van der Waals surface area contributed by atoms with E-state index in [9.17, 15) is 4.79 Å². The van der Waals surface area contributed by atoms with E-state index in [-0.39, 0.29) is 18.1 Å². The summed E-state index contributed by atoms with van der Waals surface area (Å²) in [5, 5.41) is 10.6. The summed E-state index contributed by atoms with van der Waals surface area (Å²) in [5.74, 6) is 0.449. The van der Waals surface area contributed by atoms with Crippen LogP contribution < -0.4 is 10.6 Å². The Balaban J connectivity index is 1.51. The summed E-state index contributed by atoms with van der Waals surface area (Å²) in [6.45, 7) is 8.26. The van der Waals surface area contributed by atoms with Gasteiger partial charge >= 0.3 is 6.03 Å². The monoisotopic (exact) mass is 340 g/mol. The van der Waals surface area contributed by atoms with Gasteiger partial charge in [-0.3, -0.25) is 4.68 Å². The molecule has 5 nitrogen and oxygen atoms in total. The molecule has 3 rings (SSSR count). The predicted molar refractivity (Wildman–Crippen MR) is 99.8 cm³/mol. The van der Waals surface area contributed by atoms with Crippen molar-refractivity contribution in [2.24, 2.45) is 7.05 Å². The molecule has 2 amide bonds. The van der Waals surface area contributed by atoms with Gasteiger partial charge < -0.3 is 10.6 Å². The molecule has 3 atom stereocenters. The van der Waals surface area contributed by atoms with Gasteiger partial charge in [0.15, 0.2) is 0 Å². The molecule has 1 aliphatic rings. The second kappa shape index (κ2) is 6.90. The number of aromatic nitrogens is 2. The molecule has 0 radical (unpaired) electrons. The zero-order valence-electron chi connectivity index (χ0n) is 15.8. The minimum absolute atomic E-state index is 0.0669.